The summed E-state index contributed by atoms with van der Waals surface area (Å²) in [5.74, 6) is -2.21. The minimum atomic E-state index is -1.02. The normalized spacial score (nSPS) is 10.5. The standard InChI is InChI=1S/C18H20N2O4/c1-3-23-17(21)14(18(22)24-4-2)12-13-8-7-10-16(20-13)15-9-5-6-11-19-15/h5-11,14H,3-4,12H2,1-2H3. The second-order valence-corrected chi connectivity index (χ2v) is 4.99. The molecule has 2 aromatic heterocycles. The van der Waals surface area contributed by atoms with Gasteiger partial charge in [0.15, 0.2) is 5.92 Å². The molecule has 0 aromatic carbocycles. The maximum atomic E-state index is 12.1. The molecule has 0 fully saturated rings. The van der Waals surface area contributed by atoms with Crippen LogP contribution in [0.15, 0.2) is 42.6 Å². The van der Waals surface area contributed by atoms with Gasteiger partial charge >= 0.3 is 11.9 Å². The van der Waals surface area contributed by atoms with E-state index in [9.17, 15) is 9.59 Å². The van der Waals surface area contributed by atoms with Crippen LogP contribution in [-0.2, 0) is 25.5 Å². The number of carbonyl (C=O) groups is 2. The van der Waals surface area contributed by atoms with E-state index in [2.05, 4.69) is 9.97 Å². The number of hydrogen-bond acceptors (Lipinski definition) is 6. The maximum Gasteiger partial charge on any atom is 0.320 e. The Kier molecular flexibility index (Phi) is 6.42. The molecule has 2 rings (SSSR count). The van der Waals surface area contributed by atoms with E-state index in [0.29, 0.717) is 11.4 Å². The molecule has 24 heavy (non-hydrogen) atoms. The number of nitrogens with zero attached hydrogens (tertiary/aromatic N) is 2. The Morgan fingerprint density at radius 2 is 1.62 bits per heavy atom. The van der Waals surface area contributed by atoms with Gasteiger partial charge in [-0.25, -0.2) is 0 Å². The van der Waals surface area contributed by atoms with E-state index in [-0.39, 0.29) is 19.6 Å². The molecule has 0 bridgehead atoms. The third-order valence-electron chi connectivity index (χ3n) is 3.29. The topological polar surface area (TPSA) is 78.4 Å². The van der Waals surface area contributed by atoms with Gasteiger partial charge in [0.25, 0.3) is 0 Å². The van der Waals surface area contributed by atoms with E-state index >= 15 is 0 Å². The zero-order chi connectivity index (χ0) is 17.4. The highest BCUT2D eigenvalue weighted by Gasteiger charge is 2.30. The van der Waals surface area contributed by atoms with Crippen LogP contribution in [0.3, 0.4) is 0 Å². The van der Waals surface area contributed by atoms with Crippen molar-refractivity contribution in [3.63, 3.8) is 0 Å². The third-order valence-corrected chi connectivity index (χ3v) is 3.29. The Bertz CT molecular complexity index is 670. The summed E-state index contributed by atoms with van der Waals surface area (Å²) in [6.45, 7) is 3.80. The van der Waals surface area contributed by atoms with Crippen molar-refractivity contribution in [2.24, 2.45) is 5.92 Å². The summed E-state index contributed by atoms with van der Waals surface area (Å²) in [7, 11) is 0. The van der Waals surface area contributed by atoms with Crippen LogP contribution in [-0.4, -0.2) is 35.1 Å². The fourth-order valence-electron chi connectivity index (χ4n) is 2.21. The van der Waals surface area contributed by atoms with Gasteiger partial charge in [0.2, 0.25) is 0 Å². The van der Waals surface area contributed by atoms with Crippen molar-refractivity contribution in [3.8, 4) is 11.4 Å². The molecule has 0 amide bonds. The van der Waals surface area contributed by atoms with Crippen LogP contribution < -0.4 is 0 Å². The first kappa shape index (κ1) is 17.6. The van der Waals surface area contributed by atoms with Crippen LogP contribution in [0.5, 0.6) is 0 Å². The summed E-state index contributed by atoms with van der Waals surface area (Å²) in [5.41, 5.74) is 2.01. The second-order valence-electron chi connectivity index (χ2n) is 4.99. The molecule has 0 saturated carbocycles. The molecule has 0 spiro atoms. The molecule has 2 aromatic rings. The van der Waals surface area contributed by atoms with Gasteiger partial charge in [0.05, 0.1) is 24.6 Å². The number of rotatable bonds is 7. The Morgan fingerprint density at radius 3 is 2.21 bits per heavy atom. The molecule has 2 heterocycles. The van der Waals surface area contributed by atoms with E-state index in [4.69, 9.17) is 9.47 Å². The molecule has 0 radical (unpaired) electrons. The molecule has 0 atom stereocenters. The van der Waals surface area contributed by atoms with Crippen LogP contribution in [0.1, 0.15) is 19.5 Å². The second kappa shape index (κ2) is 8.76. The molecule has 0 aliphatic carbocycles. The number of pyridine rings is 2. The fraction of sp³-hybridized carbons (Fsp3) is 0.333. The zero-order valence-electron chi connectivity index (χ0n) is 13.8. The molecule has 126 valence electrons. The van der Waals surface area contributed by atoms with E-state index in [1.165, 1.54) is 0 Å². The van der Waals surface area contributed by atoms with Gasteiger partial charge in [-0.05, 0) is 38.1 Å². The van der Waals surface area contributed by atoms with Gasteiger partial charge < -0.3 is 9.47 Å². The van der Waals surface area contributed by atoms with Crippen LogP contribution in [0.2, 0.25) is 0 Å². The lowest BCUT2D eigenvalue weighted by atomic mass is 10.0. The van der Waals surface area contributed by atoms with Crippen LogP contribution >= 0.6 is 0 Å². The average Bonchev–Trinajstić information content (AvgIpc) is 2.61. The lowest BCUT2D eigenvalue weighted by Gasteiger charge is -2.14. The van der Waals surface area contributed by atoms with Crippen molar-refractivity contribution < 1.29 is 19.1 Å². The monoisotopic (exact) mass is 328 g/mol. The summed E-state index contributed by atoms with van der Waals surface area (Å²) < 4.78 is 9.96. The van der Waals surface area contributed by atoms with E-state index in [1.807, 2.05) is 30.3 Å². The number of hydrogen-bond donors (Lipinski definition) is 0. The van der Waals surface area contributed by atoms with Crippen molar-refractivity contribution in [3.05, 3.63) is 48.3 Å². The smallest absolute Gasteiger partial charge is 0.320 e. The molecule has 0 N–H and O–H groups in total. The van der Waals surface area contributed by atoms with Crippen molar-refractivity contribution in [2.45, 2.75) is 20.3 Å². The lowest BCUT2D eigenvalue weighted by molar-refractivity contribution is -0.161. The Morgan fingerprint density at radius 1 is 0.958 bits per heavy atom. The lowest BCUT2D eigenvalue weighted by Crippen LogP contribution is -2.30. The molecule has 0 aliphatic rings. The zero-order valence-corrected chi connectivity index (χ0v) is 13.8. The predicted molar refractivity (Wildman–Crippen MR) is 87.9 cm³/mol. The first-order chi connectivity index (χ1) is 11.7. The van der Waals surface area contributed by atoms with Gasteiger partial charge in [0, 0.05) is 18.3 Å². The number of ether oxygens (including phenoxy) is 2. The Hall–Kier alpha value is -2.76. The third kappa shape index (κ3) is 4.62. The molecule has 6 heteroatoms. The van der Waals surface area contributed by atoms with Crippen molar-refractivity contribution in [1.29, 1.82) is 0 Å². The molecule has 0 saturated heterocycles. The van der Waals surface area contributed by atoms with Gasteiger partial charge in [-0.1, -0.05) is 12.1 Å². The van der Waals surface area contributed by atoms with Gasteiger partial charge in [0.1, 0.15) is 0 Å². The van der Waals surface area contributed by atoms with E-state index < -0.39 is 17.9 Å². The highest BCUT2D eigenvalue weighted by Crippen LogP contribution is 2.17. The van der Waals surface area contributed by atoms with Gasteiger partial charge in [-0.3, -0.25) is 19.6 Å². The summed E-state index contributed by atoms with van der Waals surface area (Å²) >= 11 is 0. The highest BCUT2D eigenvalue weighted by atomic mass is 16.6. The SMILES string of the molecule is CCOC(=O)C(Cc1cccc(-c2ccccn2)n1)C(=O)OCC. The van der Waals surface area contributed by atoms with Crippen molar-refractivity contribution in [2.75, 3.05) is 13.2 Å². The Labute approximate surface area is 140 Å². The molecular weight excluding hydrogens is 308 g/mol. The molecule has 0 aliphatic heterocycles. The van der Waals surface area contributed by atoms with Crippen molar-refractivity contribution >= 4 is 11.9 Å². The summed E-state index contributed by atoms with van der Waals surface area (Å²) in [6.07, 6.45) is 1.81. The molecule has 0 unspecified atom stereocenters. The Balaban J connectivity index is 2.22. The largest absolute Gasteiger partial charge is 0.465 e. The summed E-state index contributed by atoms with van der Waals surface area (Å²) in [4.78, 5) is 32.9. The van der Waals surface area contributed by atoms with E-state index in [0.717, 1.165) is 5.69 Å². The van der Waals surface area contributed by atoms with E-state index in [1.54, 1.807) is 26.1 Å². The minimum absolute atomic E-state index is 0.123. The maximum absolute atomic E-state index is 12.1. The van der Waals surface area contributed by atoms with Gasteiger partial charge in [-0.15, -0.1) is 0 Å². The summed E-state index contributed by atoms with van der Waals surface area (Å²) in [6, 6.07) is 11.0. The van der Waals surface area contributed by atoms with Gasteiger partial charge in [-0.2, -0.15) is 0 Å². The summed E-state index contributed by atoms with van der Waals surface area (Å²) in [5, 5.41) is 0. The quantitative estimate of drug-likeness (QED) is 0.574. The highest BCUT2D eigenvalue weighted by molar-refractivity contribution is 5.95. The fourth-order valence-corrected chi connectivity index (χ4v) is 2.21. The molecule has 6 nitrogen and oxygen atoms in total. The first-order valence-electron chi connectivity index (χ1n) is 7.86. The van der Waals surface area contributed by atoms with Crippen molar-refractivity contribution in [1.82, 2.24) is 9.97 Å². The number of esters is 2. The average molecular weight is 328 g/mol. The first-order valence-corrected chi connectivity index (χ1v) is 7.86. The number of carbonyl (C=O) groups excluding carboxylic acids is 2. The molecular formula is C18H20N2O4. The van der Waals surface area contributed by atoms with Crippen LogP contribution in [0.4, 0.5) is 0 Å². The van der Waals surface area contributed by atoms with Crippen LogP contribution in [0.25, 0.3) is 11.4 Å². The minimum Gasteiger partial charge on any atom is -0.465 e. The van der Waals surface area contributed by atoms with Crippen LogP contribution in [0, 0.1) is 5.92 Å². The predicted octanol–water partition coefficient (Wildman–Crippen LogP) is 2.43. The number of aromatic nitrogens is 2.